The molecule has 0 saturated heterocycles. The van der Waals surface area contributed by atoms with Gasteiger partial charge in [0.2, 0.25) is 0 Å². The van der Waals surface area contributed by atoms with Crippen molar-refractivity contribution in [2.75, 3.05) is 11.7 Å². The minimum Gasteiger partial charge on any atom is -0.272 e. The first-order valence-electron chi connectivity index (χ1n) is 4.91. The van der Waals surface area contributed by atoms with Crippen molar-refractivity contribution < 1.29 is 9.63 Å². The summed E-state index contributed by atoms with van der Waals surface area (Å²) >= 11 is 5.98. The maximum Gasteiger partial charge on any atom is 0.250 e. The van der Waals surface area contributed by atoms with E-state index in [0.29, 0.717) is 23.7 Å². The van der Waals surface area contributed by atoms with Crippen LogP contribution < -0.4 is 5.06 Å². The molecule has 1 aromatic rings. The Labute approximate surface area is 128 Å². The lowest BCUT2D eigenvalue weighted by molar-refractivity contribution is -0.125. The van der Waals surface area contributed by atoms with Gasteiger partial charge in [-0.15, -0.1) is 34.0 Å². The summed E-state index contributed by atoms with van der Waals surface area (Å²) in [7, 11) is 0. The summed E-state index contributed by atoms with van der Waals surface area (Å²) in [5.41, 5.74) is 0.591. The van der Waals surface area contributed by atoms with Gasteiger partial charge in [0.05, 0.1) is 17.3 Å². The molecule has 1 rings (SSSR count). The molecule has 0 unspecified atom stereocenters. The fourth-order valence-electron chi connectivity index (χ4n) is 1.17. The lowest BCUT2D eigenvalue weighted by atomic mass is 10.3. The number of carbonyl (C=O) groups excluding carboxylic acids is 1. The Morgan fingerprint density at radius 3 is 2.35 bits per heavy atom. The monoisotopic (exact) mass is 387 g/mol. The molecule has 0 aliphatic carbocycles. The molecule has 0 bridgehead atoms. The van der Waals surface area contributed by atoms with Gasteiger partial charge in [-0.2, -0.15) is 5.06 Å². The fourth-order valence-corrected chi connectivity index (χ4v) is 1.38. The van der Waals surface area contributed by atoms with Crippen LogP contribution in [0.25, 0.3) is 0 Å². The maximum atomic E-state index is 11.6. The number of nitrogens with zero attached hydrogens (tertiary/aromatic N) is 1. The molecule has 3 nitrogen and oxygen atoms in total. The predicted octanol–water partition coefficient (Wildman–Crippen LogP) is 4.19. The zero-order valence-corrected chi connectivity index (χ0v) is 13.9. The smallest absolute Gasteiger partial charge is 0.250 e. The number of para-hydroxylation sites is 1. The molecule has 0 spiro atoms. The number of anilines is 1. The lowest BCUT2D eigenvalue weighted by Crippen LogP contribution is -2.30. The Kier molecular flexibility index (Phi) is 11.2. The molecular formula is C11H16Br2ClNO2. The molecular weight excluding hydrogens is 373 g/mol. The van der Waals surface area contributed by atoms with E-state index >= 15 is 0 Å². The summed E-state index contributed by atoms with van der Waals surface area (Å²) in [6.07, 6.45) is 0.380. The van der Waals surface area contributed by atoms with Crippen molar-refractivity contribution in [3.63, 3.8) is 0 Å². The van der Waals surface area contributed by atoms with Gasteiger partial charge in [0, 0.05) is 6.42 Å². The Balaban J connectivity index is 0. The summed E-state index contributed by atoms with van der Waals surface area (Å²) in [5, 5.41) is 1.76. The molecule has 0 atom stereocenters. The third-order valence-electron chi connectivity index (χ3n) is 1.86. The van der Waals surface area contributed by atoms with E-state index in [-0.39, 0.29) is 39.9 Å². The number of hydroxylamine groups is 1. The highest BCUT2D eigenvalue weighted by molar-refractivity contribution is 8.93. The van der Waals surface area contributed by atoms with Gasteiger partial charge >= 0.3 is 0 Å². The van der Waals surface area contributed by atoms with Crippen LogP contribution in [0.5, 0.6) is 0 Å². The van der Waals surface area contributed by atoms with Crippen molar-refractivity contribution in [2.45, 2.75) is 20.3 Å². The van der Waals surface area contributed by atoms with Crippen LogP contribution in [-0.2, 0) is 9.63 Å². The van der Waals surface area contributed by atoms with Gasteiger partial charge in [0.15, 0.2) is 0 Å². The summed E-state index contributed by atoms with van der Waals surface area (Å²) < 4.78 is 0. The summed E-state index contributed by atoms with van der Waals surface area (Å²) in [6, 6.07) is 7.11. The van der Waals surface area contributed by atoms with Gasteiger partial charge < -0.3 is 0 Å². The van der Waals surface area contributed by atoms with Crippen LogP contribution in [0.4, 0.5) is 5.69 Å². The molecule has 0 radical (unpaired) electrons. The Hall–Kier alpha value is -0.100. The zero-order chi connectivity index (χ0) is 11.3. The van der Waals surface area contributed by atoms with E-state index in [1.807, 2.05) is 19.1 Å². The first-order valence-corrected chi connectivity index (χ1v) is 5.28. The average molecular weight is 390 g/mol. The number of hydrogen-bond donors (Lipinski definition) is 0. The van der Waals surface area contributed by atoms with Gasteiger partial charge in [0.25, 0.3) is 5.91 Å². The van der Waals surface area contributed by atoms with Gasteiger partial charge in [-0.3, -0.25) is 9.63 Å². The Morgan fingerprint density at radius 2 is 1.88 bits per heavy atom. The third-order valence-corrected chi connectivity index (χ3v) is 2.18. The molecule has 0 heterocycles. The van der Waals surface area contributed by atoms with Gasteiger partial charge in [-0.1, -0.05) is 30.7 Å². The number of carbonyl (C=O) groups is 1. The molecule has 1 aromatic carbocycles. The predicted molar refractivity (Wildman–Crippen MR) is 81.5 cm³/mol. The maximum absolute atomic E-state index is 11.6. The Bertz CT molecular complexity index is 350. The van der Waals surface area contributed by atoms with Crippen molar-refractivity contribution in [1.82, 2.24) is 0 Å². The van der Waals surface area contributed by atoms with Crippen molar-refractivity contribution in [3.8, 4) is 0 Å². The summed E-state index contributed by atoms with van der Waals surface area (Å²) in [5.74, 6) is -0.107. The first-order chi connectivity index (χ1) is 7.20. The topological polar surface area (TPSA) is 29.5 Å². The van der Waals surface area contributed by atoms with Crippen LogP contribution in [0.3, 0.4) is 0 Å². The van der Waals surface area contributed by atoms with Crippen molar-refractivity contribution in [2.24, 2.45) is 0 Å². The van der Waals surface area contributed by atoms with Crippen molar-refractivity contribution in [1.29, 1.82) is 0 Å². The van der Waals surface area contributed by atoms with E-state index in [0.717, 1.165) is 0 Å². The number of halogens is 3. The molecule has 6 heteroatoms. The second-order valence-corrected chi connectivity index (χ2v) is 3.32. The fraction of sp³-hybridized carbons (Fsp3) is 0.364. The molecule has 0 saturated carbocycles. The van der Waals surface area contributed by atoms with Crippen molar-refractivity contribution in [3.05, 3.63) is 29.3 Å². The molecule has 0 N–H and O–H groups in total. The minimum atomic E-state index is -0.107. The molecule has 0 aliphatic heterocycles. The molecule has 0 fully saturated rings. The highest BCUT2D eigenvalue weighted by Crippen LogP contribution is 2.25. The zero-order valence-electron chi connectivity index (χ0n) is 9.68. The summed E-state index contributed by atoms with van der Waals surface area (Å²) in [4.78, 5) is 16.9. The van der Waals surface area contributed by atoms with Crippen LogP contribution in [0.2, 0.25) is 5.02 Å². The highest BCUT2D eigenvalue weighted by Gasteiger charge is 2.16. The first kappa shape index (κ1) is 19.2. The molecule has 0 aliphatic rings. The lowest BCUT2D eigenvalue weighted by Gasteiger charge is -2.21. The Morgan fingerprint density at radius 1 is 1.29 bits per heavy atom. The van der Waals surface area contributed by atoms with Gasteiger partial charge in [-0.25, -0.2) is 0 Å². The van der Waals surface area contributed by atoms with Gasteiger partial charge in [0.1, 0.15) is 0 Å². The van der Waals surface area contributed by atoms with E-state index in [2.05, 4.69) is 0 Å². The van der Waals surface area contributed by atoms with Crippen LogP contribution in [0.1, 0.15) is 20.3 Å². The van der Waals surface area contributed by atoms with E-state index in [1.165, 1.54) is 5.06 Å². The second kappa shape index (κ2) is 9.88. The highest BCUT2D eigenvalue weighted by atomic mass is 79.9. The minimum absolute atomic E-state index is 0. The number of hydrogen-bond acceptors (Lipinski definition) is 2. The second-order valence-electron chi connectivity index (χ2n) is 2.91. The van der Waals surface area contributed by atoms with Crippen LogP contribution in [0.15, 0.2) is 24.3 Å². The van der Waals surface area contributed by atoms with Crippen LogP contribution >= 0.6 is 45.6 Å². The van der Waals surface area contributed by atoms with Gasteiger partial charge in [-0.05, 0) is 19.1 Å². The molecule has 1 amide bonds. The quantitative estimate of drug-likeness (QED) is 0.723. The SMILES string of the molecule is Br.Br.CCON(C(=O)CC)c1ccccc1Cl. The largest absolute Gasteiger partial charge is 0.272 e. The van der Waals surface area contributed by atoms with E-state index < -0.39 is 0 Å². The van der Waals surface area contributed by atoms with E-state index in [1.54, 1.807) is 19.1 Å². The average Bonchev–Trinajstić information content (AvgIpc) is 2.26. The van der Waals surface area contributed by atoms with E-state index in [4.69, 9.17) is 16.4 Å². The van der Waals surface area contributed by atoms with Crippen molar-refractivity contribution >= 4 is 57.2 Å². The standard InChI is InChI=1S/C11H14ClNO2.2BrH/c1-3-11(14)13(15-4-2)10-8-6-5-7-9(10)12;;/h5-8H,3-4H2,1-2H3;2*1H. The van der Waals surface area contributed by atoms with E-state index in [9.17, 15) is 4.79 Å². The number of benzene rings is 1. The molecule has 0 aromatic heterocycles. The van der Waals surface area contributed by atoms with Crippen LogP contribution in [0, 0.1) is 0 Å². The normalized spacial score (nSPS) is 8.88. The number of rotatable bonds is 4. The molecule has 17 heavy (non-hydrogen) atoms. The summed E-state index contributed by atoms with van der Waals surface area (Å²) in [6.45, 7) is 4.04. The van der Waals surface area contributed by atoms with Crippen LogP contribution in [-0.4, -0.2) is 12.5 Å². The molecule has 98 valence electrons. The third kappa shape index (κ3) is 5.38. The number of amides is 1.